The number of allylic oxidation sites excluding steroid dienone is 2. The lowest BCUT2D eigenvalue weighted by Gasteiger charge is -1.93. The Kier molecular flexibility index (Phi) is 31.1. The summed E-state index contributed by atoms with van der Waals surface area (Å²) in [5.41, 5.74) is 1.19. The van der Waals surface area contributed by atoms with Crippen molar-refractivity contribution in [2.24, 2.45) is 4.99 Å². The van der Waals surface area contributed by atoms with Gasteiger partial charge in [0.1, 0.15) is 0 Å². The summed E-state index contributed by atoms with van der Waals surface area (Å²) in [5.74, 6) is 0. The molecule has 86 valence electrons. The highest BCUT2D eigenvalue weighted by molar-refractivity contribution is 5.94. The van der Waals surface area contributed by atoms with Gasteiger partial charge in [-0.2, -0.15) is 0 Å². The van der Waals surface area contributed by atoms with Gasteiger partial charge in [-0.25, -0.2) is 0 Å². The number of nitrogens with zero attached hydrogens (tertiary/aromatic N) is 1. The van der Waals surface area contributed by atoms with Crippen LogP contribution >= 0.6 is 0 Å². The van der Waals surface area contributed by atoms with E-state index >= 15 is 0 Å². The minimum Gasteiger partial charge on any atom is -0.293 e. The summed E-state index contributed by atoms with van der Waals surface area (Å²) in [4.78, 5) is 4.10. The molecule has 0 bridgehead atoms. The zero-order valence-electron chi connectivity index (χ0n) is 11.2. The van der Waals surface area contributed by atoms with Gasteiger partial charge >= 0.3 is 0 Å². The van der Waals surface area contributed by atoms with Gasteiger partial charge in [0.2, 0.25) is 0 Å². The predicted molar refractivity (Wildman–Crippen MR) is 70.4 cm³/mol. The van der Waals surface area contributed by atoms with Crippen molar-refractivity contribution in [3.05, 3.63) is 12.2 Å². The second-order valence-electron chi connectivity index (χ2n) is 2.67. The summed E-state index contributed by atoms with van der Waals surface area (Å²) < 4.78 is 0. The smallest absolute Gasteiger partial charge is 0.0341 e. The zero-order chi connectivity index (χ0) is 11.8. The summed E-state index contributed by atoms with van der Waals surface area (Å²) in [6.45, 7) is 12.4. The predicted octanol–water partition coefficient (Wildman–Crippen LogP) is 4.88. The Balaban J connectivity index is -0.000000205. The van der Waals surface area contributed by atoms with Crippen LogP contribution in [-0.4, -0.2) is 12.8 Å². The third kappa shape index (κ3) is 22.5. The molecule has 0 spiro atoms. The molecule has 1 nitrogen and oxygen atoms in total. The highest BCUT2D eigenvalue weighted by atomic mass is 14.7. The van der Waals surface area contributed by atoms with Crippen molar-refractivity contribution in [3.8, 4) is 0 Å². The largest absolute Gasteiger partial charge is 0.293 e. The van der Waals surface area contributed by atoms with Crippen LogP contribution in [0.25, 0.3) is 0 Å². The van der Waals surface area contributed by atoms with E-state index in [1.54, 1.807) is 0 Å². The summed E-state index contributed by atoms with van der Waals surface area (Å²) >= 11 is 0. The summed E-state index contributed by atoms with van der Waals surface area (Å²) in [7, 11) is 1.84. The summed E-state index contributed by atoms with van der Waals surface area (Å²) in [6.07, 6.45) is 7.61. The molecule has 14 heavy (non-hydrogen) atoms. The number of rotatable bonds is 3. The Morgan fingerprint density at radius 2 is 1.57 bits per heavy atom. The molecule has 1 heteroatoms. The molecule has 0 aliphatic rings. The van der Waals surface area contributed by atoms with E-state index in [9.17, 15) is 0 Å². The van der Waals surface area contributed by atoms with Crippen LogP contribution in [0.15, 0.2) is 17.1 Å². The lowest BCUT2D eigenvalue weighted by Crippen LogP contribution is -1.90. The molecule has 0 aromatic rings. The molecule has 0 radical (unpaired) electrons. The van der Waals surface area contributed by atoms with Crippen molar-refractivity contribution < 1.29 is 0 Å². The average Bonchev–Trinajstić information content (AvgIpc) is 2.22. The van der Waals surface area contributed by atoms with Crippen LogP contribution in [0.5, 0.6) is 0 Å². The van der Waals surface area contributed by atoms with E-state index in [1.165, 1.54) is 18.6 Å². The van der Waals surface area contributed by atoms with Crippen molar-refractivity contribution in [2.75, 3.05) is 7.05 Å². The third-order valence-corrected chi connectivity index (χ3v) is 1.15. The molecular formula is C13H29N. The molecular weight excluding hydrogens is 170 g/mol. The first-order chi connectivity index (χ1) is 6.76. The maximum atomic E-state index is 4.10. The van der Waals surface area contributed by atoms with E-state index < -0.39 is 0 Å². The number of hydrogen-bond acceptors (Lipinski definition) is 1. The topological polar surface area (TPSA) is 12.4 Å². The number of hydrogen-bond donors (Lipinski definition) is 0. The van der Waals surface area contributed by atoms with Gasteiger partial charge in [-0.15, -0.1) is 0 Å². The lowest BCUT2D eigenvalue weighted by molar-refractivity contribution is 0.993. The monoisotopic (exact) mass is 199 g/mol. The highest BCUT2D eigenvalue weighted by Gasteiger charge is 1.86. The van der Waals surface area contributed by atoms with E-state index in [2.05, 4.69) is 31.8 Å². The van der Waals surface area contributed by atoms with E-state index in [1.807, 2.05) is 33.9 Å². The van der Waals surface area contributed by atoms with E-state index in [-0.39, 0.29) is 0 Å². The minimum absolute atomic E-state index is 1.10. The fraction of sp³-hybridized carbons (Fsp3) is 0.769. The van der Waals surface area contributed by atoms with Crippen molar-refractivity contribution in [1.82, 2.24) is 0 Å². The molecule has 0 N–H and O–H groups in total. The van der Waals surface area contributed by atoms with Crippen LogP contribution < -0.4 is 0 Å². The van der Waals surface area contributed by atoms with Crippen molar-refractivity contribution in [1.29, 1.82) is 0 Å². The van der Waals surface area contributed by atoms with Gasteiger partial charge in [-0.3, -0.25) is 4.99 Å². The van der Waals surface area contributed by atoms with Crippen molar-refractivity contribution in [3.63, 3.8) is 0 Å². The Morgan fingerprint density at radius 3 is 1.79 bits per heavy atom. The van der Waals surface area contributed by atoms with E-state index in [0.717, 1.165) is 6.42 Å². The quantitative estimate of drug-likeness (QED) is 0.575. The molecule has 0 saturated heterocycles. The SMILES string of the molecule is C/C=C\C(CCC)=NC.CC.CCC. The van der Waals surface area contributed by atoms with Crippen LogP contribution in [0.4, 0.5) is 0 Å². The average molecular weight is 199 g/mol. The molecule has 0 atom stereocenters. The summed E-state index contributed by atoms with van der Waals surface area (Å²) in [5, 5.41) is 0. The van der Waals surface area contributed by atoms with Crippen molar-refractivity contribution in [2.45, 2.75) is 60.8 Å². The van der Waals surface area contributed by atoms with Gasteiger partial charge in [-0.1, -0.05) is 53.5 Å². The third-order valence-electron chi connectivity index (χ3n) is 1.15. The molecule has 0 amide bonds. The van der Waals surface area contributed by atoms with Crippen LogP contribution in [0.2, 0.25) is 0 Å². The minimum atomic E-state index is 1.10. The van der Waals surface area contributed by atoms with E-state index in [0.29, 0.717) is 0 Å². The molecule has 0 heterocycles. The second kappa shape index (κ2) is 22.8. The Labute approximate surface area is 91.3 Å². The van der Waals surface area contributed by atoms with Crippen LogP contribution in [0.1, 0.15) is 60.8 Å². The maximum absolute atomic E-state index is 4.10. The van der Waals surface area contributed by atoms with Gasteiger partial charge in [0.25, 0.3) is 0 Å². The van der Waals surface area contributed by atoms with Crippen LogP contribution in [0, 0.1) is 0 Å². The Morgan fingerprint density at radius 1 is 1.14 bits per heavy atom. The molecule has 0 aliphatic carbocycles. The van der Waals surface area contributed by atoms with Crippen LogP contribution in [-0.2, 0) is 0 Å². The highest BCUT2D eigenvalue weighted by Crippen LogP contribution is 1.92. The molecule has 0 fully saturated rings. The Hall–Kier alpha value is -0.590. The normalized spacial score (nSPS) is 10.1. The van der Waals surface area contributed by atoms with E-state index in [4.69, 9.17) is 0 Å². The number of aliphatic imine (C=N–C) groups is 1. The Bertz CT molecular complexity index is 123. The van der Waals surface area contributed by atoms with Crippen LogP contribution in [0.3, 0.4) is 0 Å². The zero-order valence-corrected chi connectivity index (χ0v) is 11.2. The molecule has 0 saturated carbocycles. The van der Waals surface area contributed by atoms with Crippen molar-refractivity contribution >= 4 is 5.71 Å². The fourth-order valence-corrected chi connectivity index (χ4v) is 0.718. The first-order valence-electron chi connectivity index (χ1n) is 5.85. The fourth-order valence-electron chi connectivity index (χ4n) is 0.718. The molecule has 0 rings (SSSR count). The summed E-state index contributed by atoms with van der Waals surface area (Å²) in [6, 6.07) is 0. The second-order valence-corrected chi connectivity index (χ2v) is 2.67. The molecule has 0 unspecified atom stereocenters. The van der Waals surface area contributed by atoms with Gasteiger partial charge in [0.05, 0.1) is 0 Å². The lowest BCUT2D eigenvalue weighted by atomic mass is 10.2. The standard InChI is InChI=1S/C8H15N.C3H8.C2H6/c1-4-6-8(9-3)7-5-2;1-3-2;1-2/h4,6H,5,7H2,1-3H3;3H2,1-2H3;1-2H3/b6-4-,9-8?;;. The first-order valence-corrected chi connectivity index (χ1v) is 5.85. The molecule has 0 aromatic carbocycles. The first kappa shape index (κ1) is 19.1. The van der Waals surface area contributed by atoms with Gasteiger partial charge in [0, 0.05) is 12.8 Å². The van der Waals surface area contributed by atoms with Gasteiger partial charge in [-0.05, 0) is 19.4 Å². The van der Waals surface area contributed by atoms with Gasteiger partial charge in [0.15, 0.2) is 0 Å². The molecule has 0 aliphatic heterocycles. The molecule has 0 aromatic heterocycles. The maximum Gasteiger partial charge on any atom is 0.0341 e. The van der Waals surface area contributed by atoms with Gasteiger partial charge < -0.3 is 0 Å².